The van der Waals surface area contributed by atoms with Crippen molar-refractivity contribution in [2.75, 3.05) is 0 Å². The highest BCUT2D eigenvalue weighted by Gasteiger charge is 2.28. The molecule has 0 amide bonds. The molecule has 0 spiro atoms. The van der Waals surface area contributed by atoms with E-state index in [-0.39, 0.29) is 0 Å². The fraction of sp³-hybridized carbons (Fsp3) is 0.333. The van der Waals surface area contributed by atoms with Crippen LogP contribution in [0.25, 0.3) is 21.9 Å². The van der Waals surface area contributed by atoms with Crippen LogP contribution in [-0.2, 0) is 12.8 Å². The third kappa shape index (κ3) is 0.949. The lowest BCUT2D eigenvalue weighted by Gasteiger charge is -2.15. The summed E-state index contributed by atoms with van der Waals surface area (Å²) < 4.78 is 0. The molecule has 0 unspecified atom stereocenters. The minimum atomic E-state index is 1.25. The fourth-order valence-electron chi connectivity index (χ4n) is 4.33. The Balaban J connectivity index is 1.98. The molecule has 0 heteroatoms. The average molecular weight is 232 g/mol. The number of hydrogen-bond acceptors (Lipinski definition) is 0. The zero-order chi connectivity index (χ0) is 11.7. The lowest BCUT2D eigenvalue weighted by atomic mass is 9.90. The Hall–Kier alpha value is -1.56. The third-order valence-electron chi connectivity index (χ3n) is 5.12. The largest absolute Gasteiger partial charge is 0.0578 e. The fourth-order valence-corrected chi connectivity index (χ4v) is 4.33. The maximum absolute atomic E-state index is 2.41. The first-order chi connectivity index (χ1) is 8.93. The summed E-state index contributed by atoms with van der Waals surface area (Å²) >= 11 is 0. The van der Waals surface area contributed by atoms with Gasteiger partial charge in [0.2, 0.25) is 0 Å². The first-order valence-electron chi connectivity index (χ1n) is 7.24. The Morgan fingerprint density at radius 3 is 1.67 bits per heavy atom. The Bertz CT molecular complexity index is 673. The molecule has 5 rings (SSSR count). The molecular formula is C18H16. The van der Waals surface area contributed by atoms with Crippen LogP contribution in [0.2, 0.25) is 0 Å². The van der Waals surface area contributed by atoms with Crippen molar-refractivity contribution in [3.8, 4) is 0 Å². The summed E-state index contributed by atoms with van der Waals surface area (Å²) in [6, 6.07) is 9.60. The Labute approximate surface area is 107 Å². The van der Waals surface area contributed by atoms with Gasteiger partial charge in [0.05, 0.1) is 0 Å². The van der Waals surface area contributed by atoms with Crippen LogP contribution in [0.1, 0.15) is 47.9 Å². The highest BCUT2D eigenvalue weighted by atomic mass is 14.3. The molecular weight excluding hydrogens is 216 g/mol. The van der Waals surface area contributed by atoms with Crippen LogP contribution in [0, 0.1) is 0 Å². The van der Waals surface area contributed by atoms with Gasteiger partial charge in [-0.3, -0.25) is 0 Å². The van der Waals surface area contributed by atoms with Gasteiger partial charge in [-0.2, -0.15) is 0 Å². The number of allylic oxidation sites excluding steroid dienone is 2. The second-order valence-electron chi connectivity index (χ2n) is 5.96. The van der Waals surface area contributed by atoms with E-state index < -0.39 is 0 Å². The van der Waals surface area contributed by atoms with Gasteiger partial charge >= 0.3 is 0 Å². The van der Waals surface area contributed by atoms with Crippen molar-refractivity contribution in [1.82, 2.24) is 0 Å². The van der Waals surface area contributed by atoms with Crippen LogP contribution in [0.15, 0.2) is 24.3 Å². The summed E-state index contributed by atoms with van der Waals surface area (Å²) in [4.78, 5) is 0. The predicted octanol–water partition coefficient (Wildman–Crippen LogP) is 4.74. The summed E-state index contributed by atoms with van der Waals surface area (Å²) in [7, 11) is 0. The van der Waals surface area contributed by atoms with E-state index in [0.29, 0.717) is 0 Å². The molecule has 3 aliphatic carbocycles. The minimum Gasteiger partial charge on any atom is -0.0578 e. The van der Waals surface area contributed by atoms with Gasteiger partial charge in [-0.05, 0) is 82.7 Å². The van der Waals surface area contributed by atoms with Gasteiger partial charge in [0, 0.05) is 0 Å². The highest BCUT2D eigenvalue weighted by molar-refractivity contribution is 6.15. The summed E-state index contributed by atoms with van der Waals surface area (Å²) in [6.07, 6.45) is 7.86. The second-order valence-corrected chi connectivity index (χ2v) is 5.96. The Morgan fingerprint density at radius 1 is 0.556 bits per heavy atom. The van der Waals surface area contributed by atoms with Gasteiger partial charge in [-0.15, -0.1) is 0 Å². The van der Waals surface area contributed by atoms with E-state index in [9.17, 15) is 0 Å². The minimum absolute atomic E-state index is 1.25. The summed E-state index contributed by atoms with van der Waals surface area (Å²) in [6.45, 7) is 0. The number of hydrogen-bond donors (Lipinski definition) is 0. The Morgan fingerprint density at radius 2 is 1.11 bits per heavy atom. The first-order valence-corrected chi connectivity index (χ1v) is 7.24. The second kappa shape index (κ2) is 3.06. The summed E-state index contributed by atoms with van der Waals surface area (Å²) in [5, 5.41) is 3.22. The maximum atomic E-state index is 2.41. The molecule has 0 saturated heterocycles. The van der Waals surface area contributed by atoms with Crippen molar-refractivity contribution in [3.63, 3.8) is 0 Å². The summed E-state index contributed by atoms with van der Waals surface area (Å²) in [5.74, 6) is 0. The van der Waals surface area contributed by atoms with Crippen molar-refractivity contribution in [2.45, 2.75) is 38.5 Å². The van der Waals surface area contributed by atoms with Crippen molar-refractivity contribution in [2.24, 2.45) is 0 Å². The van der Waals surface area contributed by atoms with Gasteiger partial charge in [0.25, 0.3) is 0 Å². The topological polar surface area (TPSA) is 0 Å². The van der Waals surface area contributed by atoms with E-state index >= 15 is 0 Å². The molecule has 0 aliphatic heterocycles. The van der Waals surface area contributed by atoms with Crippen LogP contribution < -0.4 is 0 Å². The maximum Gasteiger partial charge on any atom is -0.00276 e. The van der Waals surface area contributed by atoms with Crippen molar-refractivity contribution < 1.29 is 0 Å². The van der Waals surface area contributed by atoms with E-state index in [2.05, 4.69) is 24.3 Å². The first kappa shape index (κ1) is 9.38. The van der Waals surface area contributed by atoms with E-state index in [1.165, 1.54) is 38.5 Å². The van der Waals surface area contributed by atoms with Gasteiger partial charge in [0.1, 0.15) is 0 Å². The molecule has 0 aromatic heterocycles. The molecule has 0 bridgehead atoms. The molecule has 2 aromatic carbocycles. The van der Waals surface area contributed by atoms with E-state index in [0.717, 1.165) is 0 Å². The quantitative estimate of drug-likeness (QED) is 0.615. The molecule has 88 valence electrons. The lowest BCUT2D eigenvalue weighted by molar-refractivity contribution is 0.756. The molecule has 0 saturated carbocycles. The van der Waals surface area contributed by atoms with Crippen LogP contribution in [-0.4, -0.2) is 0 Å². The van der Waals surface area contributed by atoms with E-state index in [1.807, 2.05) is 0 Å². The molecule has 0 nitrogen and oxygen atoms in total. The third-order valence-corrected chi connectivity index (χ3v) is 5.12. The predicted molar refractivity (Wildman–Crippen MR) is 76.6 cm³/mol. The smallest absolute Gasteiger partial charge is 0.00276 e. The highest BCUT2D eigenvalue weighted by Crippen LogP contribution is 2.50. The molecule has 0 N–H and O–H groups in total. The van der Waals surface area contributed by atoms with Gasteiger partial charge in [0.15, 0.2) is 0 Å². The molecule has 18 heavy (non-hydrogen) atoms. The van der Waals surface area contributed by atoms with Gasteiger partial charge in [-0.25, -0.2) is 0 Å². The van der Waals surface area contributed by atoms with Crippen molar-refractivity contribution in [3.05, 3.63) is 46.5 Å². The van der Waals surface area contributed by atoms with Crippen LogP contribution >= 0.6 is 0 Å². The normalized spacial score (nSPS) is 19.8. The number of aryl methyl sites for hydroxylation is 2. The van der Waals surface area contributed by atoms with Gasteiger partial charge < -0.3 is 0 Å². The van der Waals surface area contributed by atoms with Crippen molar-refractivity contribution in [1.29, 1.82) is 0 Å². The Kier molecular flexibility index (Phi) is 1.59. The van der Waals surface area contributed by atoms with E-state index in [1.54, 1.807) is 44.2 Å². The van der Waals surface area contributed by atoms with Crippen LogP contribution in [0.5, 0.6) is 0 Å². The van der Waals surface area contributed by atoms with E-state index in [4.69, 9.17) is 0 Å². The average Bonchev–Trinajstić information content (AvgIpc) is 2.97. The monoisotopic (exact) mass is 232 g/mol. The molecule has 3 aliphatic rings. The lowest BCUT2D eigenvalue weighted by Crippen LogP contribution is -1.93. The SMILES string of the molecule is c1cc2c3c(ccc4c3c1CC4)C1=C2CCCC1. The van der Waals surface area contributed by atoms with Crippen LogP contribution in [0.3, 0.4) is 0 Å². The molecule has 0 radical (unpaired) electrons. The number of benzene rings is 2. The summed E-state index contributed by atoms with van der Waals surface area (Å²) in [5.41, 5.74) is 9.67. The molecule has 2 aromatic rings. The number of fused-ring (bicyclic) bond motifs is 2. The zero-order valence-electron chi connectivity index (χ0n) is 10.6. The molecule has 0 heterocycles. The van der Waals surface area contributed by atoms with Crippen molar-refractivity contribution >= 4 is 21.9 Å². The van der Waals surface area contributed by atoms with Crippen LogP contribution in [0.4, 0.5) is 0 Å². The molecule has 0 atom stereocenters. The number of rotatable bonds is 0. The van der Waals surface area contributed by atoms with Gasteiger partial charge in [-0.1, -0.05) is 24.3 Å². The molecule has 0 fully saturated rings. The standard InChI is InChI=1S/C18H16/c1-2-4-14-13(3-1)15-9-7-11-5-6-12-8-10-16(14)18(15)17(11)12/h7-10H,1-6H2. The zero-order valence-corrected chi connectivity index (χ0v) is 10.6.